The Morgan fingerprint density at radius 3 is 2.70 bits per heavy atom. The first-order valence-corrected chi connectivity index (χ1v) is 6.53. The van der Waals surface area contributed by atoms with Crippen LogP contribution in [0.25, 0.3) is 5.52 Å². The number of nitrogens with zero attached hydrogens (tertiary/aromatic N) is 2. The van der Waals surface area contributed by atoms with Crippen LogP contribution in [0.4, 0.5) is 0 Å². The first-order chi connectivity index (χ1) is 9.30. The highest BCUT2D eigenvalue weighted by Crippen LogP contribution is 2.19. The van der Waals surface area contributed by atoms with E-state index in [4.69, 9.17) is 10.00 Å². The zero-order valence-corrected chi connectivity index (χ0v) is 12.2. The molecule has 0 saturated heterocycles. The Kier molecular flexibility index (Phi) is 3.54. The number of carbonyl (C=O) groups excluding carboxylic acids is 1. The molecule has 20 heavy (non-hydrogen) atoms. The van der Waals surface area contributed by atoms with E-state index in [9.17, 15) is 4.79 Å². The minimum atomic E-state index is -0.490. The van der Waals surface area contributed by atoms with Crippen LogP contribution in [0.3, 0.4) is 0 Å². The first kappa shape index (κ1) is 14.1. The summed E-state index contributed by atoms with van der Waals surface area (Å²) in [4.78, 5) is 12.0. The maximum absolute atomic E-state index is 12.0. The molecule has 0 unspecified atom stereocenters. The number of nitriles is 1. The second-order valence-corrected chi connectivity index (χ2v) is 5.86. The number of aryl methyl sites for hydroxylation is 1. The summed E-state index contributed by atoms with van der Waals surface area (Å²) in [5.74, 6) is -0.261. The lowest BCUT2D eigenvalue weighted by Gasteiger charge is -2.19. The molecule has 0 aliphatic carbocycles. The molecule has 0 amide bonds. The van der Waals surface area contributed by atoms with E-state index < -0.39 is 5.60 Å². The Morgan fingerprint density at radius 1 is 1.40 bits per heavy atom. The normalized spacial score (nSPS) is 11.3. The van der Waals surface area contributed by atoms with Crippen molar-refractivity contribution in [2.24, 2.45) is 0 Å². The molecule has 0 aromatic carbocycles. The lowest BCUT2D eigenvalue weighted by atomic mass is 10.2. The second kappa shape index (κ2) is 5.01. The number of hydrogen-bond donors (Lipinski definition) is 0. The average Bonchev–Trinajstić information content (AvgIpc) is 2.63. The Hall–Kier alpha value is -2.28. The Balaban J connectivity index is 2.36. The summed E-state index contributed by atoms with van der Waals surface area (Å²) in [6, 6.07) is 7.76. The van der Waals surface area contributed by atoms with Gasteiger partial charge in [-0.05, 0) is 51.5 Å². The largest absolute Gasteiger partial charge is 0.460 e. The number of fused-ring (bicyclic) bond motifs is 1. The molecule has 0 fully saturated rings. The molecular weight excluding hydrogens is 252 g/mol. The van der Waals surface area contributed by atoms with E-state index in [0.717, 1.165) is 16.8 Å². The Labute approximate surface area is 118 Å². The fourth-order valence-corrected chi connectivity index (χ4v) is 2.16. The van der Waals surface area contributed by atoms with Gasteiger partial charge in [0, 0.05) is 17.4 Å². The maximum Gasteiger partial charge on any atom is 0.312 e. The first-order valence-electron chi connectivity index (χ1n) is 6.53. The van der Waals surface area contributed by atoms with E-state index in [1.165, 1.54) is 0 Å². The number of pyridine rings is 1. The molecule has 0 bridgehead atoms. The van der Waals surface area contributed by atoms with Gasteiger partial charge in [0.2, 0.25) is 0 Å². The van der Waals surface area contributed by atoms with Gasteiger partial charge in [-0.25, -0.2) is 0 Å². The molecular formula is C16H18N2O2. The van der Waals surface area contributed by atoms with Crippen molar-refractivity contribution in [3.63, 3.8) is 0 Å². The summed E-state index contributed by atoms with van der Waals surface area (Å²) in [6.45, 7) is 7.50. The predicted molar refractivity (Wildman–Crippen MR) is 76.4 cm³/mol. The SMILES string of the molecule is Cc1cc2ccc(C#N)cn2c1CC(=O)OC(C)(C)C. The van der Waals surface area contributed by atoms with Crippen molar-refractivity contribution in [1.82, 2.24) is 4.40 Å². The van der Waals surface area contributed by atoms with Crippen molar-refractivity contribution in [1.29, 1.82) is 5.26 Å². The van der Waals surface area contributed by atoms with Crippen LogP contribution in [0.5, 0.6) is 0 Å². The topological polar surface area (TPSA) is 54.5 Å². The Bertz CT molecular complexity index is 700. The predicted octanol–water partition coefficient (Wildman–Crippen LogP) is 3.00. The van der Waals surface area contributed by atoms with Gasteiger partial charge in [-0.15, -0.1) is 0 Å². The van der Waals surface area contributed by atoms with Gasteiger partial charge in [-0.1, -0.05) is 0 Å². The molecule has 2 heterocycles. The van der Waals surface area contributed by atoms with Gasteiger partial charge < -0.3 is 9.14 Å². The zero-order valence-electron chi connectivity index (χ0n) is 12.2. The van der Waals surface area contributed by atoms with Crippen molar-refractivity contribution in [3.05, 3.63) is 41.2 Å². The summed E-state index contributed by atoms with van der Waals surface area (Å²) in [5.41, 5.74) is 2.94. The van der Waals surface area contributed by atoms with Crippen LogP contribution >= 0.6 is 0 Å². The minimum Gasteiger partial charge on any atom is -0.460 e. The van der Waals surface area contributed by atoms with E-state index in [0.29, 0.717) is 5.56 Å². The van der Waals surface area contributed by atoms with Gasteiger partial charge in [0.15, 0.2) is 0 Å². The summed E-state index contributed by atoms with van der Waals surface area (Å²) in [6.07, 6.45) is 1.95. The van der Waals surface area contributed by atoms with Gasteiger partial charge >= 0.3 is 5.97 Å². The monoisotopic (exact) mass is 270 g/mol. The maximum atomic E-state index is 12.0. The van der Waals surface area contributed by atoms with Gasteiger partial charge in [0.05, 0.1) is 12.0 Å². The summed E-state index contributed by atoms with van der Waals surface area (Å²) < 4.78 is 7.24. The molecule has 2 aromatic heterocycles. The van der Waals surface area contributed by atoms with E-state index in [-0.39, 0.29) is 12.4 Å². The molecule has 2 rings (SSSR count). The van der Waals surface area contributed by atoms with Crippen LogP contribution in [0.15, 0.2) is 24.4 Å². The smallest absolute Gasteiger partial charge is 0.312 e. The summed E-state index contributed by atoms with van der Waals surface area (Å²) >= 11 is 0. The number of aromatic nitrogens is 1. The van der Waals surface area contributed by atoms with E-state index >= 15 is 0 Å². The molecule has 0 saturated carbocycles. The summed E-state index contributed by atoms with van der Waals surface area (Å²) in [5, 5.41) is 8.97. The van der Waals surface area contributed by atoms with E-state index in [1.807, 2.05) is 44.2 Å². The van der Waals surface area contributed by atoms with Crippen molar-refractivity contribution in [2.75, 3.05) is 0 Å². The molecule has 0 N–H and O–H groups in total. The van der Waals surface area contributed by atoms with Gasteiger partial charge in [-0.3, -0.25) is 4.79 Å². The van der Waals surface area contributed by atoms with Crippen LogP contribution in [-0.4, -0.2) is 16.0 Å². The number of ether oxygens (including phenoxy) is 1. The van der Waals surface area contributed by atoms with Crippen molar-refractivity contribution < 1.29 is 9.53 Å². The lowest BCUT2D eigenvalue weighted by Crippen LogP contribution is -2.25. The van der Waals surface area contributed by atoms with Gasteiger partial charge in [-0.2, -0.15) is 5.26 Å². The third-order valence-corrected chi connectivity index (χ3v) is 2.95. The standard InChI is InChI=1S/C16H18N2O2/c1-11-7-13-6-5-12(9-17)10-18(13)14(11)8-15(19)20-16(2,3)4/h5-7,10H,8H2,1-4H3. The van der Waals surface area contributed by atoms with Crippen molar-refractivity contribution in [2.45, 2.75) is 39.7 Å². The van der Waals surface area contributed by atoms with E-state index in [1.54, 1.807) is 12.3 Å². The van der Waals surface area contributed by atoms with Gasteiger partial charge in [0.25, 0.3) is 0 Å². The zero-order chi connectivity index (χ0) is 14.9. The van der Waals surface area contributed by atoms with Crippen LogP contribution in [0.1, 0.15) is 37.6 Å². The third kappa shape index (κ3) is 3.00. The lowest BCUT2D eigenvalue weighted by molar-refractivity contribution is -0.154. The molecule has 0 spiro atoms. The number of esters is 1. The van der Waals surface area contributed by atoms with Crippen LogP contribution < -0.4 is 0 Å². The number of carbonyl (C=O) groups is 1. The Morgan fingerprint density at radius 2 is 2.10 bits per heavy atom. The van der Waals surface area contributed by atoms with Crippen LogP contribution in [-0.2, 0) is 16.0 Å². The third-order valence-electron chi connectivity index (χ3n) is 2.95. The molecule has 0 atom stereocenters. The fraction of sp³-hybridized carbons (Fsp3) is 0.375. The van der Waals surface area contributed by atoms with Crippen molar-refractivity contribution >= 4 is 11.5 Å². The summed E-state index contributed by atoms with van der Waals surface area (Å²) in [7, 11) is 0. The highest BCUT2D eigenvalue weighted by atomic mass is 16.6. The molecule has 2 aromatic rings. The van der Waals surface area contributed by atoms with Crippen molar-refractivity contribution in [3.8, 4) is 6.07 Å². The molecule has 0 aliphatic rings. The fourth-order valence-electron chi connectivity index (χ4n) is 2.16. The second-order valence-electron chi connectivity index (χ2n) is 5.86. The number of rotatable bonds is 2. The average molecular weight is 270 g/mol. The highest BCUT2D eigenvalue weighted by Gasteiger charge is 2.19. The van der Waals surface area contributed by atoms with E-state index in [2.05, 4.69) is 6.07 Å². The van der Waals surface area contributed by atoms with Crippen LogP contribution in [0.2, 0.25) is 0 Å². The highest BCUT2D eigenvalue weighted by molar-refractivity contribution is 5.74. The molecule has 0 radical (unpaired) electrons. The molecule has 4 heteroatoms. The quantitative estimate of drug-likeness (QED) is 0.788. The van der Waals surface area contributed by atoms with Gasteiger partial charge in [0.1, 0.15) is 11.7 Å². The molecule has 0 aliphatic heterocycles. The number of hydrogen-bond acceptors (Lipinski definition) is 3. The molecule has 104 valence electrons. The molecule has 4 nitrogen and oxygen atoms in total. The van der Waals surface area contributed by atoms with Crippen LogP contribution in [0, 0.1) is 18.3 Å². The minimum absolute atomic E-state index is 0.201.